The van der Waals surface area contributed by atoms with Gasteiger partial charge in [0.05, 0.1) is 5.71 Å². The van der Waals surface area contributed by atoms with E-state index in [0.717, 1.165) is 5.69 Å². The monoisotopic (exact) mass is 509 g/mol. The van der Waals surface area contributed by atoms with Crippen molar-refractivity contribution in [1.29, 1.82) is 0 Å². The summed E-state index contributed by atoms with van der Waals surface area (Å²) >= 11 is 17.2. The largest absolute Gasteiger partial charge is 0.435 e. The number of nitrogens with one attached hydrogen (secondary N) is 2. The van der Waals surface area contributed by atoms with Crippen molar-refractivity contribution < 1.29 is 18.0 Å². The molecule has 0 fully saturated rings. The SMILES string of the molecule is FC(F)(F)C1(c2cc(Cl)cc(Cl)c2)CC(c2cccc(NC(=S)Nc3ccccc3)c2)=NO1. The molecule has 0 bridgehead atoms. The van der Waals surface area contributed by atoms with Crippen LogP contribution in [0.15, 0.2) is 78.0 Å². The third kappa shape index (κ3) is 5.08. The predicted octanol–water partition coefficient (Wildman–Crippen LogP) is 7.38. The topological polar surface area (TPSA) is 45.7 Å². The molecule has 3 aromatic rings. The Hall–Kier alpha value is -2.81. The van der Waals surface area contributed by atoms with Crippen molar-refractivity contribution in [2.75, 3.05) is 10.6 Å². The smallest absolute Gasteiger partial charge is 0.374 e. The molecule has 1 aliphatic heterocycles. The minimum absolute atomic E-state index is 0.0730. The van der Waals surface area contributed by atoms with E-state index in [2.05, 4.69) is 15.8 Å². The number of oxime groups is 1. The van der Waals surface area contributed by atoms with Crippen molar-refractivity contribution in [3.05, 3.63) is 94.0 Å². The van der Waals surface area contributed by atoms with E-state index in [-0.39, 0.29) is 21.3 Å². The van der Waals surface area contributed by atoms with Gasteiger partial charge >= 0.3 is 6.18 Å². The van der Waals surface area contributed by atoms with Gasteiger partial charge in [0, 0.05) is 39.0 Å². The van der Waals surface area contributed by atoms with Gasteiger partial charge in [-0.25, -0.2) is 0 Å². The van der Waals surface area contributed by atoms with Crippen LogP contribution in [0.1, 0.15) is 17.5 Å². The van der Waals surface area contributed by atoms with E-state index in [0.29, 0.717) is 16.4 Å². The summed E-state index contributed by atoms with van der Waals surface area (Å²) in [7, 11) is 0. The summed E-state index contributed by atoms with van der Waals surface area (Å²) in [5.74, 6) is 0. The molecule has 1 unspecified atom stereocenters. The number of nitrogens with zero attached hydrogens (tertiary/aromatic N) is 1. The van der Waals surface area contributed by atoms with Gasteiger partial charge in [0.15, 0.2) is 5.11 Å². The lowest BCUT2D eigenvalue weighted by Gasteiger charge is -2.29. The van der Waals surface area contributed by atoms with E-state index in [9.17, 15) is 13.2 Å². The Balaban J connectivity index is 1.56. The van der Waals surface area contributed by atoms with E-state index in [1.807, 2.05) is 30.3 Å². The number of para-hydroxylation sites is 1. The molecule has 1 heterocycles. The summed E-state index contributed by atoms with van der Waals surface area (Å²) in [6, 6.07) is 19.8. The number of halogens is 5. The first-order chi connectivity index (χ1) is 15.7. The highest BCUT2D eigenvalue weighted by atomic mass is 35.5. The molecule has 1 atom stereocenters. The Kier molecular flexibility index (Phi) is 6.52. The molecular formula is C23H16Cl2F3N3OS. The lowest BCUT2D eigenvalue weighted by atomic mass is 9.86. The van der Waals surface area contributed by atoms with Crippen LogP contribution in [0, 0.1) is 0 Å². The summed E-state index contributed by atoms with van der Waals surface area (Å²) in [5, 5.41) is 10.3. The zero-order valence-corrected chi connectivity index (χ0v) is 19.1. The van der Waals surface area contributed by atoms with Crippen molar-refractivity contribution in [1.82, 2.24) is 0 Å². The second-order valence-corrected chi connectivity index (χ2v) is 8.60. The van der Waals surface area contributed by atoms with Crippen molar-refractivity contribution in [3.63, 3.8) is 0 Å². The van der Waals surface area contributed by atoms with Gasteiger partial charge in [-0.1, -0.05) is 58.7 Å². The Labute approximate surface area is 203 Å². The second kappa shape index (κ2) is 9.21. The maximum atomic E-state index is 14.2. The maximum absolute atomic E-state index is 14.2. The van der Waals surface area contributed by atoms with E-state index in [1.54, 1.807) is 24.3 Å². The van der Waals surface area contributed by atoms with Crippen LogP contribution >= 0.6 is 35.4 Å². The predicted molar refractivity (Wildman–Crippen MR) is 129 cm³/mol. The van der Waals surface area contributed by atoms with Crippen LogP contribution in [0.25, 0.3) is 0 Å². The minimum Gasteiger partial charge on any atom is -0.374 e. The first-order valence-corrected chi connectivity index (χ1v) is 10.8. The molecule has 2 N–H and O–H groups in total. The third-order valence-corrected chi connectivity index (χ3v) is 5.64. The van der Waals surface area contributed by atoms with Crippen LogP contribution in [0.3, 0.4) is 0 Å². The van der Waals surface area contributed by atoms with Gasteiger partial charge in [0.1, 0.15) is 0 Å². The molecule has 170 valence electrons. The zero-order valence-electron chi connectivity index (χ0n) is 16.8. The average Bonchev–Trinajstić information content (AvgIpc) is 3.21. The fourth-order valence-corrected chi connectivity index (χ4v) is 4.20. The van der Waals surface area contributed by atoms with E-state index < -0.39 is 18.2 Å². The Morgan fingerprint density at radius 1 is 0.909 bits per heavy atom. The van der Waals surface area contributed by atoms with Crippen molar-refractivity contribution in [3.8, 4) is 0 Å². The Morgan fingerprint density at radius 2 is 1.55 bits per heavy atom. The summed E-state index contributed by atoms with van der Waals surface area (Å²) in [6.45, 7) is 0. The number of anilines is 2. The lowest BCUT2D eigenvalue weighted by Crippen LogP contribution is -2.42. The van der Waals surface area contributed by atoms with E-state index in [1.165, 1.54) is 18.2 Å². The zero-order chi connectivity index (χ0) is 23.6. The standard InChI is InChI=1S/C23H16Cl2F3N3OS/c24-16-10-15(11-17(25)12-16)22(23(26,27)28)13-20(31-32-22)14-5-4-8-19(9-14)30-21(33)29-18-6-2-1-3-7-18/h1-12H,13H2,(H2,29,30,33). The first-order valence-electron chi connectivity index (χ1n) is 9.68. The molecule has 0 amide bonds. The fraction of sp³-hybridized carbons (Fsp3) is 0.130. The summed E-state index contributed by atoms with van der Waals surface area (Å²) in [4.78, 5) is 5.06. The molecule has 0 aliphatic carbocycles. The molecule has 0 saturated heterocycles. The van der Waals surface area contributed by atoms with Gasteiger partial charge in [-0.15, -0.1) is 0 Å². The van der Waals surface area contributed by atoms with Gasteiger partial charge in [-0.2, -0.15) is 13.2 Å². The molecule has 33 heavy (non-hydrogen) atoms. The highest BCUT2D eigenvalue weighted by molar-refractivity contribution is 7.80. The highest BCUT2D eigenvalue weighted by Crippen LogP contribution is 2.49. The van der Waals surface area contributed by atoms with Crippen LogP contribution in [-0.2, 0) is 10.4 Å². The number of benzene rings is 3. The van der Waals surface area contributed by atoms with Gasteiger partial charge in [0.2, 0.25) is 0 Å². The van der Waals surface area contributed by atoms with Crippen LogP contribution < -0.4 is 10.6 Å². The van der Waals surface area contributed by atoms with Crippen molar-refractivity contribution in [2.24, 2.45) is 5.16 Å². The molecule has 4 nitrogen and oxygen atoms in total. The molecule has 3 aromatic carbocycles. The number of hydrogen-bond donors (Lipinski definition) is 2. The third-order valence-electron chi connectivity index (χ3n) is 5.00. The summed E-state index contributed by atoms with van der Waals surface area (Å²) in [5.41, 5.74) is -0.928. The normalized spacial score (nSPS) is 17.8. The molecule has 10 heteroatoms. The molecule has 1 aliphatic rings. The number of thiocarbonyl (C=S) groups is 1. The van der Waals surface area contributed by atoms with Gasteiger partial charge in [0.25, 0.3) is 5.60 Å². The molecular weight excluding hydrogens is 494 g/mol. The molecule has 0 saturated carbocycles. The molecule has 0 radical (unpaired) electrons. The number of hydrogen-bond acceptors (Lipinski definition) is 3. The lowest BCUT2D eigenvalue weighted by molar-refractivity contribution is -0.275. The molecule has 0 spiro atoms. The van der Waals surface area contributed by atoms with Crippen molar-refractivity contribution >= 4 is 57.6 Å². The van der Waals surface area contributed by atoms with E-state index in [4.69, 9.17) is 40.3 Å². The van der Waals surface area contributed by atoms with Crippen molar-refractivity contribution in [2.45, 2.75) is 18.2 Å². The van der Waals surface area contributed by atoms with Crippen LogP contribution in [0.4, 0.5) is 24.5 Å². The fourth-order valence-electron chi connectivity index (χ4n) is 3.44. The number of rotatable bonds is 4. The minimum atomic E-state index is -4.76. The summed E-state index contributed by atoms with van der Waals surface area (Å²) < 4.78 is 42.6. The van der Waals surface area contributed by atoms with Gasteiger partial charge in [-0.3, -0.25) is 0 Å². The molecule has 0 aromatic heterocycles. The van der Waals surface area contributed by atoms with E-state index >= 15 is 0 Å². The number of alkyl halides is 3. The second-order valence-electron chi connectivity index (χ2n) is 7.31. The first kappa shape index (κ1) is 23.4. The van der Waals surface area contributed by atoms with Crippen LogP contribution in [0.2, 0.25) is 10.0 Å². The van der Waals surface area contributed by atoms with Crippen LogP contribution in [-0.4, -0.2) is 17.0 Å². The molecule has 4 rings (SSSR count). The van der Waals surface area contributed by atoms with Gasteiger partial charge < -0.3 is 15.5 Å². The van der Waals surface area contributed by atoms with Gasteiger partial charge in [-0.05, 0) is 54.7 Å². The Morgan fingerprint density at radius 3 is 2.21 bits per heavy atom. The average molecular weight is 510 g/mol. The quantitative estimate of drug-likeness (QED) is 0.360. The maximum Gasteiger partial charge on any atom is 0.435 e. The Bertz CT molecular complexity index is 1200. The highest BCUT2D eigenvalue weighted by Gasteiger charge is 2.62. The summed E-state index contributed by atoms with van der Waals surface area (Å²) in [6.07, 6.45) is -5.30. The van der Waals surface area contributed by atoms with Crippen LogP contribution in [0.5, 0.6) is 0 Å².